The summed E-state index contributed by atoms with van der Waals surface area (Å²) in [5.41, 5.74) is 6.57. The summed E-state index contributed by atoms with van der Waals surface area (Å²) in [6.45, 7) is 0. The molecule has 0 bridgehead atoms. The van der Waals surface area contributed by atoms with Crippen LogP contribution >= 0.6 is 11.3 Å². The van der Waals surface area contributed by atoms with E-state index < -0.39 is 0 Å². The highest BCUT2D eigenvalue weighted by Crippen LogP contribution is 2.33. The first-order chi connectivity index (χ1) is 10.2. The Morgan fingerprint density at radius 3 is 2.67 bits per heavy atom. The van der Waals surface area contributed by atoms with Crippen molar-refractivity contribution in [1.82, 2.24) is 9.97 Å². The molecule has 2 aromatic heterocycles. The molecule has 0 radical (unpaired) electrons. The third-order valence-corrected chi connectivity index (χ3v) is 3.80. The second kappa shape index (κ2) is 5.45. The van der Waals surface area contributed by atoms with Crippen molar-refractivity contribution >= 4 is 39.0 Å². The number of fused-ring (bicyclic) bond motifs is 1. The average Bonchev–Trinajstić information content (AvgIpc) is 2.95. The van der Waals surface area contributed by atoms with Crippen LogP contribution in [0.1, 0.15) is 0 Å². The van der Waals surface area contributed by atoms with E-state index in [1.165, 1.54) is 11.3 Å². The minimum atomic E-state index is 0.243. The van der Waals surface area contributed by atoms with Crippen molar-refractivity contribution in [2.75, 3.05) is 25.3 Å². The van der Waals surface area contributed by atoms with Crippen LogP contribution in [0.15, 0.2) is 29.6 Å². The molecule has 3 rings (SSSR count). The number of nitrogen functional groups attached to an aromatic ring is 1. The number of nitrogens with two attached hydrogens (primary N) is 1. The van der Waals surface area contributed by atoms with Crippen LogP contribution in [0.2, 0.25) is 0 Å². The first kappa shape index (κ1) is 13.4. The van der Waals surface area contributed by atoms with Gasteiger partial charge in [0.1, 0.15) is 10.6 Å². The fourth-order valence-corrected chi connectivity index (χ4v) is 2.79. The van der Waals surface area contributed by atoms with E-state index in [1.807, 2.05) is 29.6 Å². The number of benzene rings is 1. The van der Waals surface area contributed by atoms with Crippen molar-refractivity contribution in [2.45, 2.75) is 0 Å². The Kier molecular flexibility index (Phi) is 3.49. The average molecular weight is 302 g/mol. The summed E-state index contributed by atoms with van der Waals surface area (Å²) in [5, 5.41) is 6.13. The molecule has 0 saturated carbocycles. The zero-order valence-corrected chi connectivity index (χ0v) is 12.4. The molecule has 21 heavy (non-hydrogen) atoms. The fourth-order valence-electron chi connectivity index (χ4n) is 2.02. The Morgan fingerprint density at radius 1 is 1.10 bits per heavy atom. The molecule has 2 heterocycles. The molecular formula is C14H14N4O2S. The third-order valence-electron chi connectivity index (χ3n) is 2.99. The summed E-state index contributed by atoms with van der Waals surface area (Å²) in [6.07, 6.45) is 0. The lowest BCUT2D eigenvalue weighted by molar-refractivity contribution is 0.355. The van der Waals surface area contributed by atoms with Crippen LogP contribution in [-0.4, -0.2) is 24.2 Å². The van der Waals surface area contributed by atoms with Gasteiger partial charge in [0.05, 0.1) is 19.6 Å². The molecule has 0 saturated heterocycles. The molecule has 7 heteroatoms. The van der Waals surface area contributed by atoms with Gasteiger partial charge in [-0.05, 0) is 23.6 Å². The number of hydrogen-bond donors (Lipinski definition) is 2. The van der Waals surface area contributed by atoms with Gasteiger partial charge in [0.2, 0.25) is 5.95 Å². The lowest BCUT2D eigenvalue weighted by Crippen LogP contribution is -2.00. The number of thiophene rings is 1. The summed E-state index contributed by atoms with van der Waals surface area (Å²) in [4.78, 5) is 9.31. The maximum Gasteiger partial charge on any atom is 0.223 e. The van der Waals surface area contributed by atoms with Gasteiger partial charge in [-0.15, -0.1) is 11.3 Å². The SMILES string of the molecule is COc1ccc(Nc2nc(N)nc3sccc23)cc1OC. The van der Waals surface area contributed by atoms with E-state index in [0.29, 0.717) is 17.3 Å². The molecular weight excluding hydrogens is 288 g/mol. The molecule has 6 nitrogen and oxygen atoms in total. The standard InChI is InChI=1S/C14H14N4O2S/c1-19-10-4-3-8(7-11(10)20-2)16-12-9-5-6-21-13(9)18-14(15)17-12/h3-7H,1-2H3,(H3,15,16,17,18). The molecule has 0 atom stereocenters. The van der Waals surface area contributed by atoms with Gasteiger partial charge in [0, 0.05) is 11.8 Å². The Balaban J connectivity index is 2.00. The fraction of sp³-hybridized carbons (Fsp3) is 0.143. The topological polar surface area (TPSA) is 82.3 Å². The highest BCUT2D eigenvalue weighted by molar-refractivity contribution is 7.16. The number of rotatable bonds is 4. The van der Waals surface area contributed by atoms with Crippen molar-refractivity contribution in [1.29, 1.82) is 0 Å². The number of hydrogen-bond acceptors (Lipinski definition) is 7. The Labute approximate surface area is 125 Å². The second-order valence-electron chi connectivity index (χ2n) is 4.26. The predicted octanol–water partition coefficient (Wildman–Crippen LogP) is 3.03. The molecule has 0 amide bonds. The molecule has 1 aromatic carbocycles. The van der Waals surface area contributed by atoms with Gasteiger partial charge in [-0.2, -0.15) is 4.98 Å². The van der Waals surface area contributed by atoms with Gasteiger partial charge in [0.25, 0.3) is 0 Å². The normalized spacial score (nSPS) is 10.6. The van der Waals surface area contributed by atoms with Gasteiger partial charge in [-0.3, -0.25) is 0 Å². The van der Waals surface area contributed by atoms with E-state index in [1.54, 1.807) is 14.2 Å². The maximum absolute atomic E-state index is 5.74. The molecule has 3 aromatic rings. The number of nitrogens with zero attached hydrogens (tertiary/aromatic N) is 2. The number of methoxy groups -OCH3 is 2. The Bertz CT molecular complexity index is 788. The molecule has 0 spiro atoms. The Morgan fingerprint density at radius 2 is 1.90 bits per heavy atom. The van der Waals surface area contributed by atoms with E-state index in [0.717, 1.165) is 15.9 Å². The minimum Gasteiger partial charge on any atom is -0.493 e. The highest BCUT2D eigenvalue weighted by atomic mass is 32.1. The van der Waals surface area contributed by atoms with Crippen molar-refractivity contribution in [2.24, 2.45) is 0 Å². The number of ether oxygens (including phenoxy) is 2. The molecule has 0 aliphatic carbocycles. The van der Waals surface area contributed by atoms with Gasteiger partial charge in [-0.25, -0.2) is 4.98 Å². The second-order valence-corrected chi connectivity index (χ2v) is 5.16. The molecule has 3 N–H and O–H groups in total. The van der Waals surface area contributed by atoms with E-state index in [9.17, 15) is 0 Å². The summed E-state index contributed by atoms with van der Waals surface area (Å²) in [7, 11) is 3.20. The van der Waals surface area contributed by atoms with Crippen LogP contribution in [0.25, 0.3) is 10.2 Å². The largest absolute Gasteiger partial charge is 0.493 e. The lowest BCUT2D eigenvalue weighted by atomic mass is 10.2. The van der Waals surface area contributed by atoms with E-state index in [2.05, 4.69) is 15.3 Å². The smallest absolute Gasteiger partial charge is 0.223 e. The summed E-state index contributed by atoms with van der Waals surface area (Å²) in [6, 6.07) is 7.52. The van der Waals surface area contributed by atoms with Gasteiger partial charge < -0.3 is 20.5 Å². The number of nitrogens with one attached hydrogen (secondary N) is 1. The van der Waals surface area contributed by atoms with Crippen LogP contribution in [0.4, 0.5) is 17.5 Å². The van der Waals surface area contributed by atoms with Gasteiger partial charge in [-0.1, -0.05) is 0 Å². The van der Waals surface area contributed by atoms with Crippen molar-refractivity contribution < 1.29 is 9.47 Å². The maximum atomic E-state index is 5.74. The van der Waals surface area contributed by atoms with Crippen LogP contribution < -0.4 is 20.5 Å². The lowest BCUT2D eigenvalue weighted by Gasteiger charge is -2.11. The van der Waals surface area contributed by atoms with E-state index in [4.69, 9.17) is 15.2 Å². The first-order valence-corrected chi connectivity index (χ1v) is 7.09. The molecule has 0 aliphatic heterocycles. The summed E-state index contributed by atoms with van der Waals surface area (Å²) in [5.74, 6) is 2.23. The van der Waals surface area contributed by atoms with E-state index in [-0.39, 0.29) is 5.95 Å². The summed E-state index contributed by atoms with van der Waals surface area (Å²) < 4.78 is 10.5. The zero-order chi connectivity index (χ0) is 14.8. The van der Waals surface area contributed by atoms with Gasteiger partial charge in [0.15, 0.2) is 11.5 Å². The van der Waals surface area contributed by atoms with Crippen LogP contribution in [-0.2, 0) is 0 Å². The van der Waals surface area contributed by atoms with Crippen LogP contribution in [0.3, 0.4) is 0 Å². The Hall–Kier alpha value is -2.54. The van der Waals surface area contributed by atoms with Crippen molar-refractivity contribution in [3.63, 3.8) is 0 Å². The molecule has 0 fully saturated rings. The van der Waals surface area contributed by atoms with Crippen molar-refractivity contribution in [3.8, 4) is 11.5 Å². The highest BCUT2D eigenvalue weighted by Gasteiger charge is 2.09. The molecule has 0 unspecified atom stereocenters. The third kappa shape index (κ3) is 2.55. The molecule has 108 valence electrons. The zero-order valence-electron chi connectivity index (χ0n) is 11.6. The quantitative estimate of drug-likeness (QED) is 0.771. The monoisotopic (exact) mass is 302 g/mol. The minimum absolute atomic E-state index is 0.243. The van der Waals surface area contributed by atoms with Gasteiger partial charge >= 0.3 is 0 Å². The first-order valence-electron chi connectivity index (χ1n) is 6.21. The number of anilines is 3. The van der Waals surface area contributed by atoms with Crippen LogP contribution in [0, 0.1) is 0 Å². The molecule has 0 aliphatic rings. The summed E-state index contributed by atoms with van der Waals surface area (Å²) >= 11 is 1.52. The van der Waals surface area contributed by atoms with Crippen molar-refractivity contribution in [3.05, 3.63) is 29.6 Å². The van der Waals surface area contributed by atoms with E-state index >= 15 is 0 Å². The predicted molar refractivity (Wildman–Crippen MR) is 84.7 cm³/mol. The van der Waals surface area contributed by atoms with Crippen LogP contribution in [0.5, 0.6) is 11.5 Å². The number of aromatic nitrogens is 2.